The van der Waals surface area contributed by atoms with Gasteiger partial charge in [0, 0.05) is 16.3 Å². The van der Waals surface area contributed by atoms with Crippen molar-refractivity contribution in [2.24, 2.45) is 16.5 Å². The molecule has 1 aliphatic heterocycles. The monoisotopic (exact) mass is 487 g/mol. The fraction of sp³-hybridized carbons (Fsp3) is 0.0769. The number of ether oxygens (including phenoxy) is 1. The second-order valence-electron chi connectivity index (χ2n) is 7.83. The lowest BCUT2D eigenvalue weighted by molar-refractivity contribution is 0.256. The number of urea groups is 1. The van der Waals surface area contributed by atoms with Gasteiger partial charge in [0.05, 0.1) is 30.3 Å². The Morgan fingerprint density at radius 3 is 2.23 bits per heavy atom. The fourth-order valence-corrected chi connectivity index (χ4v) is 4.16. The molecule has 1 aromatic heterocycles. The molecule has 9 heteroatoms. The highest BCUT2D eigenvalue weighted by Crippen LogP contribution is 2.38. The van der Waals surface area contributed by atoms with Gasteiger partial charge in [-0.2, -0.15) is 4.99 Å². The van der Waals surface area contributed by atoms with E-state index in [4.69, 9.17) is 37.2 Å². The highest BCUT2D eigenvalue weighted by molar-refractivity contribution is 6.30. The van der Waals surface area contributed by atoms with Crippen molar-refractivity contribution < 1.29 is 13.9 Å². The Bertz CT molecular complexity index is 1380. The van der Waals surface area contributed by atoms with Crippen LogP contribution >= 0.6 is 11.6 Å². The zero-order valence-electron chi connectivity index (χ0n) is 18.8. The normalized spacial score (nSPS) is 14.8. The van der Waals surface area contributed by atoms with Gasteiger partial charge in [0.15, 0.2) is 0 Å². The molecule has 1 aliphatic rings. The molecule has 35 heavy (non-hydrogen) atoms. The number of aliphatic imine (C=N–C) groups is 1. The number of benzene rings is 3. The number of primary amides is 1. The molecule has 2 amide bonds. The number of halogens is 1. The lowest BCUT2D eigenvalue weighted by Crippen LogP contribution is -2.42. The molecular weight excluding hydrogens is 466 g/mol. The number of nitrogens with zero attached hydrogens (tertiary/aromatic N) is 3. The van der Waals surface area contributed by atoms with Crippen LogP contribution in [0, 0.1) is 0 Å². The summed E-state index contributed by atoms with van der Waals surface area (Å²) in [6, 6.07) is 23.0. The van der Waals surface area contributed by atoms with E-state index in [2.05, 4.69) is 0 Å². The molecule has 0 radical (unpaired) electrons. The Morgan fingerprint density at radius 1 is 1.00 bits per heavy atom. The molecule has 1 unspecified atom stereocenters. The maximum Gasteiger partial charge on any atom is 0.323 e. The summed E-state index contributed by atoms with van der Waals surface area (Å²) in [5, 5.41) is 0.566. The van der Waals surface area contributed by atoms with Crippen LogP contribution in [0.4, 0.5) is 27.7 Å². The smallest absolute Gasteiger partial charge is 0.323 e. The van der Waals surface area contributed by atoms with Crippen LogP contribution < -0.4 is 26.0 Å². The highest BCUT2D eigenvalue weighted by atomic mass is 35.5. The summed E-state index contributed by atoms with van der Waals surface area (Å²) in [5.41, 5.74) is 15.9. The number of amides is 2. The van der Waals surface area contributed by atoms with Crippen molar-refractivity contribution in [1.82, 2.24) is 0 Å². The Labute approximate surface area is 207 Å². The minimum atomic E-state index is -0.613. The number of rotatable bonds is 5. The molecule has 0 saturated heterocycles. The van der Waals surface area contributed by atoms with E-state index in [0.29, 0.717) is 28.1 Å². The number of hydrogen-bond acceptors (Lipinski definition) is 6. The van der Waals surface area contributed by atoms with E-state index < -0.39 is 12.2 Å². The van der Waals surface area contributed by atoms with Crippen LogP contribution in [-0.2, 0) is 0 Å². The Hall–Kier alpha value is -4.27. The van der Waals surface area contributed by atoms with E-state index >= 15 is 0 Å². The fourth-order valence-electron chi connectivity index (χ4n) is 4.03. The Balaban J connectivity index is 1.54. The molecule has 3 aromatic carbocycles. The van der Waals surface area contributed by atoms with Gasteiger partial charge in [0.2, 0.25) is 5.88 Å². The molecule has 176 valence electrons. The summed E-state index contributed by atoms with van der Waals surface area (Å²) in [6.45, 7) is 0. The van der Waals surface area contributed by atoms with Gasteiger partial charge in [-0.05, 0) is 78.9 Å². The molecule has 0 saturated carbocycles. The average Bonchev–Trinajstić information content (AvgIpc) is 3.35. The maximum atomic E-state index is 12.3. The van der Waals surface area contributed by atoms with E-state index in [1.54, 1.807) is 49.8 Å². The van der Waals surface area contributed by atoms with Crippen LogP contribution in [0.25, 0.3) is 0 Å². The lowest BCUT2D eigenvalue weighted by atomic mass is 10.1. The second kappa shape index (κ2) is 9.17. The summed E-state index contributed by atoms with van der Waals surface area (Å²) < 4.78 is 10.8. The second-order valence-corrected chi connectivity index (χ2v) is 8.26. The number of anilines is 3. The zero-order valence-corrected chi connectivity index (χ0v) is 19.5. The van der Waals surface area contributed by atoms with Crippen LogP contribution in [0.3, 0.4) is 0 Å². The standard InChI is InChI=1S/C26H22ClN5O3/c1-34-21-12-2-16(3-13-21)24-30-25-22(14-15-35-25)23(28)32(24)20-10-8-19(9-11-20)31(26(29)33)18-6-4-17(27)5-7-18/h2-15,23H,28H2,1H3,(H2,29,33). The largest absolute Gasteiger partial charge is 0.497 e. The predicted molar refractivity (Wildman–Crippen MR) is 137 cm³/mol. The van der Waals surface area contributed by atoms with Gasteiger partial charge in [0.25, 0.3) is 0 Å². The summed E-state index contributed by atoms with van der Waals surface area (Å²) >= 11 is 5.99. The number of carbonyl (C=O) groups excluding carboxylic acids is 1. The van der Waals surface area contributed by atoms with E-state index in [1.807, 2.05) is 47.4 Å². The topological polar surface area (TPSA) is 110 Å². The van der Waals surface area contributed by atoms with Crippen LogP contribution in [0.2, 0.25) is 5.02 Å². The van der Waals surface area contributed by atoms with Crippen molar-refractivity contribution in [3.05, 3.63) is 101 Å². The number of nitrogens with two attached hydrogens (primary N) is 2. The number of amidine groups is 1. The molecule has 0 spiro atoms. The van der Waals surface area contributed by atoms with Gasteiger partial charge in [-0.15, -0.1) is 0 Å². The minimum Gasteiger partial charge on any atom is -0.497 e. The maximum absolute atomic E-state index is 12.3. The van der Waals surface area contributed by atoms with Crippen LogP contribution in [0.15, 0.2) is 94.5 Å². The molecule has 4 N–H and O–H groups in total. The van der Waals surface area contributed by atoms with Crippen LogP contribution in [0.5, 0.6) is 5.75 Å². The number of carbonyl (C=O) groups is 1. The van der Waals surface area contributed by atoms with E-state index in [9.17, 15) is 4.79 Å². The Kier molecular flexibility index (Phi) is 5.90. The van der Waals surface area contributed by atoms with Crippen molar-refractivity contribution >= 4 is 46.4 Å². The average molecular weight is 488 g/mol. The van der Waals surface area contributed by atoms with Crippen molar-refractivity contribution in [3.8, 4) is 5.75 Å². The van der Waals surface area contributed by atoms with Gasteiger partial charge < -0.3 is 25.5 Å². The van der Waals surface area contributed by atoms with Crippen LogP contribution in [-0.4, -0.2) is 19.0 Å². The third kappa shape index (κ3) is 4.21. The third-order valence-corrected chi connectivity index (χ3v) is 6.00. The first-order valence-electron chi connectivity index (χ1n) is 10.8. The molecule has 4 aromatic rings. The van der Waals surface area contributed by atoms with Crippen molar-refractivity contribution in [2.45, 2.75) is 6.17 Å². The first-order chi connectivity index (χ1) is 17.0. The molecule has 0 fully saturated rings. The molecule has 2 heterocycles. The van der Waals surface area contributed by atoms with E-state index in [-0.39, 0.29) is 0 Å². The van der Waals surface area contributed by atoms with E-state index in [1.165, 1.54) is 4.90 Å². The zero-order chi connectivity index (χ0) is 24.5. The summed E-state index contributed by atoms with van der Waals surface area (Å²) in [7, 11) is 1.62. The van der Waals surface area contributed by atoms with Crippen molar-refractivity contribution in [1.29, 1.82) is 0 Å². The van der Waals surface area contributed by atoms with Gasteiger partial charge in [-0.1, -0.05) is 11.6 Å². The molecule has 5 rings (SSSR count). The molecule has 8 nitrogen and oxygen atoms in total. The number of furan rings is 1. The van der Waals surface area contributed by atoms with E-state index in [0.717, 1.165) is 22.6 Å². The summed E-state index contributed by atoms with van der Waals surface area (Å²) in [4.78, 5) is 20.3. The SMILES string of the molecule is COc1ccc(C2=Nc3occc3C(N)N2c2ccc(N(C(N)=O)c3ccc(Cl)cc3)cc2)cc1. The number of fused-ring (bicyclic) bond motifs is 1. The molecule has 1 atom stereocenters. The van der Waals surface area contributed by atoms with Gasteiger partial charge >= 0.3 is 6.03 Å². The first kappa shape index (κ1) is 22.5. The summed E-state index contributed by atoms with van der Waals surface area (Å²) in [5.74, 6) is 1.83. The predicted octanol–water partition coefficient (Wildman–Crippen LogP) is 5.71. The van der Waals surface area contributed by atoms with Gasteiger partial charge in [-0.3, -0.25) is 4.90 Å². The number of methoxy groups -OCH3 is 1. The van der Waals surface area contributed by atoms with Gasteiger partial charge in [0.1, 0.15) is 17.8 Å². The lowest BCUT2D eigenvalue weighted by Gasteiger charge is -2.34. The number of hydrogen-bond donors (Lipinski definition) is 2. The minimum absolute atomic E-state index is 0.471. The molecular formula is C26H22ClN5O3. The Morgan fingerprint density at radius 2 is 1.63 bits per heavy atom. The molecule has 0 aliphatic carbocycles. The van der Waals surface area contributed by atoms with Crippen molar-refractivity contribution in [3.63, 3.8) is 0 Å². The van der Waals surface area contributed by atoms with Gasteiger partial charge in [-0.25, -0.2) is 4.79 Å². The summed E-state index contributed by atoms with van der Waals surface area (Å²) in [6.07, 6.45) is 1.04. The molecule has 0 bridgehead atoms. The first-order valence-corrected chi connectivity index (χ1v) is 11.1. The van der Waals surface area contributed by atoms with Crippen LogP contribution in [0.1, 0.15) is 17.3 Å². The van der Waals surface area contributed by atoms with Crippen molar-refractivity contribution in [2.75, 3.05) is 16.9 Å². The highest BCUT2D eigenvalue weighted by Gasteiger charge is 2.31. The quantitative estimate of drug-likeness (QED) is 0.374. The third-order valence-electron chi connectivity index (χ3n) is 5.75.